The molecule has 92 valence electrons. The Kier molecular flexibility index (Phi) is 2.88. The van der Waals surface area contributed by atoms with Gasteiger partial charge >= 0.3 is 0 Å². The van der Waals surface area contributed by atoms with Gasteiger partial charge < -0.3 is 0 Å². The van der Waals surface area contributed by atoms with Gasteiger partial charge in [0, 0.05) is 17.0 Å². The van der Waals surface area contributed by atoms with Crippen LogP contribution in [-0.4, -0.2) is 0 Å². The van der Waals surface area contributed by atoms with Crippen LogP contribution in [0.15, 0.2) is 61.3 Å². The molecule has 3 rings (SSSR count). The molecule has 1 heteroatoms. The van der Waals surface area contributed by atoms with Crippen molar-refractivity contribution in [2.24, 2.45) is 0 Å². The molecular formula is C18H16N+. The molecule has 0 spiro atoms. The van der Waals surface area contributed by atoms with Crippen LogP contribution in [0.5, 0.6) is 0 Å². The monoisotopic (exact) mass is 246 g/mol. The predicted octanol–water partition coefficient (Wildman–Crippen LogP) is 4.27. The summed E-state index contributed by atoms with van der Waals surface area (Å²) in [5.74, 6) is 0. The Morgan fingerprint density at radius 1 is 1.00 bits per heavy atom. The van der Waals surface area contributed by atoms with E-state index in [0.717, 1.165) is 5.69 Å². The van der Waals surface area contributed by atoms with E-state index >= 15 is 0 Å². The standard InChI is InChI=1S/C18H15N/c1-3-14-7-5-9-17-16(14)10-11-19-18(17)15-8-4-6-13(2)12-15/h3-12H,1H2,2H3/p+1. The van der Waals surface area contributed by atoms with Crippen molar-refractivity contribution in [2.45, 2.75) is 6.92 Å². The first-order chi connectivity index (χ1) is 9.29. The Bertz CT molecular complexity index is 756. The molecule has 0 saturated carbocycles. The normalized spacial score (nSPS) is 10.6. The average molecular weight is 246 g/mol. The number of nitrogens with one attached hydrogen (secondary N) is 1. The highest BCUT2D eigenvalue weighted by atomic mass is 14.7. The van der Waals surface area contributed by atoms with Crippen LogP contribution in [-0.2, 0) is 0 Å². The summed E-state index contributed by atoms with van der Waals surface area (Å²) in [6.45, 7) is 6.00. The lowest BCUT2D eigenvalue weighted by atomic mass is 9.99. The molecule has 0 radical (unpaired) electrons. The highest BCUT2D eigenvalue weighted by molar-refractivity contribution is 5.97. The van der Waals surface area contributed by atoms with Crippen LogP contribution < -0.4 is 4.98 Å². The van der Waals surface area contributed by atoms with Crippen LogP contribution in [0, 0.1) is 6.92 Å². The third-order valence-electron chi connectivity index (χ3n) is 3.41. The summed E-state index contributed by atoms with van der Waals surface area (Å²) in [7, 11) is 0. The molecule has 1 nitrogen and oxygen atoms in total. The van der Waals surface area contributed by atoms with Crippen LogP contribution in [0.25, 0.3) is 28.1 Å². The predicted molar refractivity (Wildman–Crippen MR) is 80.8 cm³/mol. The van der Waals surface area contributed by atoms with Crippen molar-refractivity contribution in [3.8, 4) is 11.3 Å². The Hall–Kier alpha value is -2.41. The van der Waals surface area contributed by atoms with Gasteiger partial charge in [0.05, 0.1) is 5.39 Å². The van der Waals surface area contributed by atoms with Crippen molar-refractivity contribution in [3.05, 3.63) is 72.4 Å². The molecule has 3 aromatic rings. The Morgan fingerprint density at radius 3 is 2.63 bits per heavy atom. The second kappa shape index (κ2) is 4.69. The number of H-pyrrole nitrogens is 1. The van der Waals surface area contributed by atoms with Crippen LogP contribution in [0.1, 0.15) is 11.1 Å². The molecule has 0 aliphatic carbocycles. The molecule has 1 heterocycles. The van der Waals surface area contributed by atoms with Crippen LogP contribution in [0.2, 0.25) is 0 Å². The number of benzene rings is 2. The Morgan fingerprint density at radius 2 is 1.84 bits per heavy atom. The molecule has 0 unspecified atom stereocenters. The van der Waals surface area contributed by atoms with Gasteiger partial charge in [-0.05, 0) is 30.7 Å². The number of hydrogen-bond donors (Lipinski definition) is 0. The van der Waals surface area contributed by atoms with Gasteiger partial charge in [-0.25, -0.2) is 4.98 Å². The van der Waals surface area contributed by atoms with E-state index in [2.05, 4.69) is 67.0 Å². The third kappa shape index (κ3) is 2.04. The number of aromatic nitrogens is 1. The minimum atomic E-state index is 1.16. The SMILES string of the molecule is C=Cc1cccc2c(-c3cccc(C)c3)[nH+]ccc12. The highest BCUT2D eigenvalue weighted by Crippen LogP contribution is 2.27. The molecule has 19 heavy (non-hydrogen) atoms. The quantitative estimate of drug-likeness (QED) is 0.641. The molecule has 2 aromatic carbocycles. The summed E-state index contributed by atoms with van der Waals surface area (Å²) in [6, 6.07) is 17.0. The van der Waals surface area contributed by atoms with Crippen LogP contribution >= 0.6 is 0 Å². The van der Waals surface area contributed by atoms with E-state index in [4.69, 9.17) is 0 Å². The summed E-state index contributed by atoms with van der Waals surface area (Å²) in [4.78, 5) is 3.37. The number of fused-ring (bicyclic) bond motifs is 1. The zero-order chi connectivity index (χ0) is 13.2. The number of aromatic amines is 1. The van der Waals surface area contributed by atoms with E-state index in [9.17, 15) is 0 Å². The van der Waals surface area contributed by atoms with E-state index in [-0.39, 0.29) is 0 Å². The number of pyridine rings is 1. The lowest BCUT2D eigenvalue weighted by Crippen LogP contribution is -2.06. The van der Waals surface area contributed by atoms with E-state index in [1.165, 1.54) is 27.5 Å². The Labute approximate surface area is 113 Å². The first-order valence-corrected chi connectivity index (χ1v) is 6.42. The van der Waals surface area contributed by atoms with E-state index in [0.29, 0.717) is 0 Å². The van der Waals surface area contributed by atoms with Gasteiger partial charge in [0.2, 0.25) is 5.69 Å². The fourth-order valence-corrected chi connectivity index (χ4v) is 2.49. The van der Waals surface area contributed by atoms with Gasteiger partial charge in [-0.15, -0.1) is 0 Å². The second-order valence-electron chi connectivity index (χ2n) is 4.73. The third-order valence-corrected chi connectivity index (χ3v) is 3.41. The zero-order valence-corrected chi connectivity index (χ0v) is 11.0. The van der Waals surface area contributed by atoms with Gasteiger partial charge in [0.1, 0.15) is 0 Å². The number of rotatable bonds is 2. The summed E-state index contributed by atoms with van der Waals surface area (Å²) in [5.41, 5.74) is 4.81. The molecule has 0 aliphatic rings. The van der Waals surface area contributed by atoms with Crippen LogP contribution in [0.4, 0.5) is 0 Å². The zero-order valence-electron chi connectivity index (χ0n) is 11.0. The van der Waals surface area contributed by atoms with Gasteiger partial charge in [-0.3, -0.25) is 0 Å². The van der Waals surface area contributed by atoms with Crippen molar-refractivity contribution < 1.29 is 4.98 Å². The molecule has 0 aliphatic heterocycles. The maximum atomic E-state index is 3.89. The lowest BCUT2D eigenvalue weighted by Gasteiger charge is -2.04. The molecule has 1 N–H and O–H groups in total. The van der Waals surface area contributed by atoms with E-state index in [1.807, 2.05) is 12.3 Å². The molecule has 0 amide bonds. The largest absolute Gasteiger partial charge is 0.218 e. The van der Waals surface area contributed by atoms with Crippen LogP contribution in [0.3, 0.4) is 0 Å². The highest BCUT2D eigenvalue weighted by Gasteiger charge is 2.11. The summed E-state index contributed by atoms with van der Waals surface area (Å²) in [6.07, 6.45) is 3.90. The second-order valence-corrected chi connectivity index (χ2v) is 4.73. The molecule has 1 aromatic heterocycles. The van der Waals surface area contributed by atoms with Gasteiger partial charge in [-0.1, -0.05) is 42.5 Å². The first-order valence-electron chi connectivity index (χ1n) is 6.42. The topological polar surface area (TPSA) is 14.1 Å². The van der Waals surface area contributed by atoms with Crippen molar-refractivity contribution in [2.75, 3.05) is 0 Å². The maximum Gasteiger partial charge on any atom is 0.218 e. The average Bonchev–Trinajstić information content (AvgIpc) is 2.46. The number of hydrogen-bond acceptors (Lipinski definition) is 0. The van der Waals surface area contributed by atoms with Gasteiger partial charge in [0.15, 0.2) is 6.20 Å². The van der Waals surface area contributed by atoms with Crippen molar-refractivity contribution in [1.29, 1.82) is 0 Å². The van der Waals surface area contributed by atoms with E-state index < -0.39 is 0 Å². The summed E-state index contributed by atoms with van der Waals surface area (Å²) >= 11 is 0. The lowest BCUT2D eigenvalue weighted by molar-refractivity contribution is -0.362. The van der Waals surface area contributed by atoms with Gasteiger partial charge in [-0.2, -0.15) is 0 Å². The first kappa shape index (κ1) is 11.7. The Balaban J connectivity index is 2.33. The fourth-order valence-electron chi connectivity index (χ4n) is 2.49. The molecule has 0 saturated heterocycles. The van der Waals surface area contributed by atoms with Crippen molar-refractivity contribution in [1.82, 2.24) is 0 Å². The molecule has 0 atom stereocenters. The van der Waals surface area contributed by atoms with Crippen molar-refractivity contribution >= 4 is 16.8 Å². The maximum absolute atomic E-state index is 3.89. The molecular weight excluding hydrogens is 230 g/mol. The molecule has 0 bridgehead atoms. The minimum Gasteiger partial charge on any atom is -0.211 e. The van der Waals surface area contributed by atoms with Gasteiger partial charge in [0.25, 0.3) is 0 Å². The van der Waals surface area contributed by atoms with E-state index in [1.54, 1.807) is 0 Å². The minimum absolute atomic E-state index is 1.16. The summed E-state index contributed by atoms with van der Waals surface area (Å²) in [5, 5.41) is 2.46. The number of aryl methyl sites for hydroxylation is 1. The smallest absolute Gasteiger partial charge is 0.211 e. The fraction of sp³-hybridized carbons (Fsp3) is 0.0556. The van der Waals surface area contributed by atoms with Crippen molar-refractivity contribution in [3.63, 3.8) is 0 Å². The summed E-state index contributed by atoms with van der Waals surface area (Å²) < 4.78 is 0. The molecule has 0 fully saturated rings.